The fourth-order valence-corrected chi connectivity index (χ4v) is 3.50. The van der Waals surface area contributed by atoms with E-state index in [1.165, 1.54) is 0 Å². The average Bonchev–Trinajstić information content (AvgIpc) is 3.16. The van der Waals surface area contributed by atoms with E-state index in [1.54, 1.807) is 18.5 Å². The van der Waals surface area contributed by atoms with Crippen LogP contribution in [0.2, 0.25) is 0 Å². The number of anilines is 3. The highest BCUT2D eigenvalue weighted by atomic mass is 79.9. The Hall–Kier alpha value is -2.39. The second-order valence-electron chi connectivity index (χ2n) is 7.60. The number of nitrogen functional groups attached to an aromatic ring is 1. The largest absolute Gasteiger partial charge is 0.397 e. The van der Waals surface area contributed by atoms with E-state index in [2.05, 4.69) is 41.0 Å². The van der Waals surface area contributed by atoms with Crippen molar-refractivity contribution in [3.8, 4) is 0 Å². The number of likely N-dealkylation sites (tertiary alicyclic amines) is 1. The second-order valence-corrected chi connectivity index (χ2v) is 8.52. The standard InChI is InChI=1S/C20H28BrN7O/c1-26(2)8-9-27(3)18-10-14(4-5-17(18)22)19(29)28-7-6-16(13-28)25-20-23-11-15(21)12-24-20/h4-5,10-12,16H,6-9,13,22H2,1-3H3,(H,23,24,25)/t16-/m1/s1. The van der Waals surface area contributed by atoms with Crippen LogP contribution in [0.4, 0.5) is 17.3 Å². The maximum atomic E-state index is 13.0. The number of likely N-dealkylation sites (N-methyl/N-ethyl adjacent to an activating group) is 2. The van der Waals surface area contributed by atoms with Gasteiger partial charge in [-0.25, -0.2) is 9.97 Å². The minimum Gasteiger partial charge on any atom is -0.397 e. The number of nitrogens with one attached hydrogen (secondary N) is 1. The second kappa shape index (κ2) is 9.41. The molecule has 29 heavy (non-hydrogen) atoms. The predicted octanol–water partition coefficient (Wildman–Crippen LogP) is 2.15. The van der Waals surface area contributed by atoms with Crippen LogP contribution in [0.15, 0.2) is 35.1 Å². The molecule has 0 bridgehead atoms. The van der Waals surface area contributed by atoms with Gasteiger partial charge in [0.25, 0.3) is 5.91 Å². The molecule has 1 fully saturated rings. The van der Waals surface area contributed by atoms with E-state index in [0.717, 1.165) is 29.7 Å². The lowest BCUT2D eigenvalue weighted by Gasteiger charge is -2.24. The first-order chi connectivity index (χ1) is 13.8. The zero-order chi connectivity index (χ0) is 21.0. The van der Waals surface area contributed by atoms with Crippen LogP contribution in [0.3, 0.4) is 0 Å². The van der Waals surface area contributed by atoms with Crippen LogP contribution in [0.1, 0.15) is 16.8 Å². The van der Waals surface area contributed by atoms with Gasteiger partial charge in [0.05, 0.1) is 15.8 Å². The van der Waals surface area contributed by atoms with Gasteiger partial charge >= 0.3 is 0 Å². The highest BCUT2D eigenvalue weighted by molar-refractivity contribution is 9.10. The van der Waals surface area contributed by atoms with Crippen molar-refractivity contribution in [2.75, 3.05) is 63.3 Å². The number of aromatic nitrogens is 2. The van der Waals surface area contributed by atoms with Gasteiger partial charge in [-0.05, 0) is 54.6 Å². The Morgan fingerprint density at radius 2 is 2.00 bits per heavy atom. The molecule has 2 heterocycles. The molecule has 1 aliphatic heterocycles. The quantitative estimate of drug-likeness (QED) is 0.610. The van der Waals surface area contributed by atoms with E-state index in [1.807, 2.05) is 38.2 Å². The van der Waals surface area contributed by atoms with Gasteiger partial charge in [0.2, 0.25) is 5.95 Å². The smallest absolute Gasteiger partial charge is 0.254 e. The number of amides is 1. The zero-order valence-corrected chi connectivity index (χ0v) is 18.7. The minimum atomic E-state index is 0.0216. The number of nitrogens with two attached hydrogens (primary N) is 1. The summed E-state index contributed by atoms with van der Waals surface area (Å²) in [5, 5.41) is 3.30. The molecule has 1 saturated heterocycles. The Morgan fingerprint density at radius 3 is 2.69 bits per heavy atom. The highest BCUT2D eigenvalue weighted by Crippen LogP contribution is 2.25. The van der Waals surface area contributed by atoms with Crippen molar-refractivity contribution in [2.24, 2.45) is 0 Å². The van der Waals surface area contributed by atoms with Crippen molar-refractivity contribution < 1.29 is 4.79 Å². The minimum absolute atomic E-state index is 0.0216. The molecule has 2 aromatic rings. The summed E-state index contributed by atoms with van der Waals surface area (Å²) in [6, 6.07) is 5.65. The number of benzene rings is 1. The first-order valence-corrected chi connectivity index (χ1v) is 10.4. The summed E-state index contributed by atoms with van der Waals surface area (Å²) in [5.74, 6) is 0.595. The van der Waals surface area contributed by atoms with E-state index in [4.69, 9.17) is 5.73 Å². The maximum absolute atomic E-state index is 13.0. The Bertz CT molecular complexity index is 843. The summed E-state index contributed by atoms with van der Waals surface area (Å²) in [6.07, 6.45) is 4.27. The van der Waals surface area contributed by atoms with Gasteiger partial charge in [0.1, 0.15) is 0 Å². The Kier molecular flexibility index (Phi) is 6.92. The van der Waals surface area contributed by atoms with E-state index >= 15 is 0 Å². The number of rotatable bonds is 7. The SMILES string of the molecule is CN(C)CCN(C)c1cc(C(=O)N2CC[C@@H](Nc3ncc(Br)cn3)C2)ccc1N. The lowest BCUT2D eigenvalue weighted by molar-refractivity contribution is 0.0791. The van der Waals surface area contributed by atoms with Gasteiger partial charge in [-0.1, -0.05) is 0 Å². The van der Waals surface area contributed by atoms with Crippen molar-refractivity contribution >= 4 is 39.2 Å². The molecule has 156 valence electrons. The Labute approximate surface area is 180 Å². The van der Waals surface area contributed by atoms with Gasteiger partial charge in [0.15, 0.2) is 0 Å². The topological polar surface area (TPSA) is 90.6 Å². The molecule has 1 aromatic carbocycles. The molecule has 1 aromatic heterocycles. The van der Waals surface area contributed by atoms with Gasteiger partial charge in [-0.3, -0.25) is 4.79 Å². The third kappa shape index (κ3) is 5.57. The first kappa shape index (κ1) is 21.3. The molecule has 9 heteroatoms. The summed E-state index contributed by atoms with van der Waals surface area (Å²) in [4.78, 5) is 27.6. The van der Waals surface area contributed by atoms with Crippen LogP contribution in [0.5, 0.6) is 0 Å². The predicted molar refractivity (Wildman–Crippen MR) is 120 cm³/mol. The number of hydrogen-bond acceptors (Lipinski definition) is 7. The van der Waals surface area contributed by atoms with E-state index in [-0.39, 0.29) is 11.9 Å². The Morgan fingerprint density at radius 1 is 1.28 bits per heavy atom. The van der Waals surface area contributed by atoms with Crippen LogP contribution in [-0.4, -0.2) is 79.0 Å². The summed E-state index contributed by atoms with van der Waals surface area (Å²) in [7, 11) is 6.07. The Balaban J connectivity index is 1.64. The summed E-state index contributed by atoms with van der Waals surface area (Å²) in [6.45, 7) is 3.06. The van der Waals surface area contributed by atoms with Crippen molar-refractivity contribution in [3.05, 3.63) is 40.6 Å². The summed E-state index contributed by atoms with van der Waals surface area (Å²) >= 11 is 3.33. The summed E-state index contributed by atoms with van der Waals surface area (Å²) < 4.78 is 0.834. The average molecular weight is 462 g/mol. The maximum Gasteiger partial charge on any atom is 0.254 e. The van der Waals surface area contributed by atoms with Crippen LogP contribution in [0, 0.1) is 0 Å². The van der Waals surface area contributed by atoms with Crippen molar-refractivity contribution in [2.45, 2.75) is 12.5 Å². The number of nitrogens with zero attached hydrogens (tertiary/aromatic N) is 5. The number of halogens is 1. The van der Waals surface area contributed by atoms with E-state index < -0.39 is 0 Å². The van der Waals surface area contributed by atoms with E-state index in [9.17, 15) is 4.79 Å². The van der Waals surface area contributed by atoms with Crippen molar-refractivity contribution in [3.63, 3.8) is 0 Å². The van der Waals surface area contributed by atoms with Gasteiger partial charge in [0, 0.05) is 57.2 Å². The normalized spacial score (nSPS) is 16.3. The lowest BCUT2D eigenvalue weighted by Crippen LogP contribution is -2.32. The molecule has 0 aliphatic carbocycles. The van der Waals surface area contributed by atoms with E-state index in [0.29, 0.717) is 30.3 Å². The fourth-order valence-electron chi connectivity index (χ4n) is 3.29. The molecule has 1 atom stereocenters. The monoisotopic (exact) mass is 461 g/mol. The number of carbonyl (C=O) groups excluding carboxylic acids is 1. The molecule has 0 unspecified atom stereocenters. The highest BCUT2D eigenvalue weighted by Gasteiger charge is 2.27. The van der Waals surface area contributed by atoms with Crippen LogP contribution in [-0.2, 0) is 0 Å². The summed E-state index contributed by atoms with van der Waals surface area (Å²) in [5.41, 5.74) is 8.38. The zero-order valence-electron chi connectivity index (χ0n) is 17.1. The molecular weight excluding hydrogens is 434 g/mol. The number of carbonyl (C=O) groups is 1. The lowest BCUT2D eigenvalue weighted by atomic mass is 10.1. The molecule has 1 amide bonds. The third-order valence-electron chi connectivity index (χ3n) is 5.00. The van der Waals surface area contributed by atoms with Crippen molar-refractivity contribution in [1.82, 2.24) is 19.8 Å². The van der Waals surface area contributed by atoms with Crippen LogP contribution < -0.4 is 16.0 Å². The molecule has 0 spiro atoms. The van der Waals surface area contributed by atoms with Crippen LogP contribution in [0.25, 0.3) is 0 Å². The molecule has 8 nitrogen and oxygen atoms in total. The van der Waals surface area contributed by atoms with Gasteiger partial charge in [-0.2, -0.15) is 0 Å². The fraction of sp³-hybridized carbons (Fsp3) is 0.450. The molecule has 1 aliphatic rings. The molecule has 0 radical (unpaired) electrons. The first-order valence-electron chi connectivity index (χ1n) is 9.62. The van der Waals surface area contributed by atoms with Crippen molar-refractivity contribution in [1.29, 1.82) is 0 Å². The third-order valence-corrected chi connectivity index (χ3v) is 5.41. The van der Waals surface area contributed by atoms with Gasteiger partial charge < -0.3 is 25.8 Å². The number of hydrogen-bond donors (Lipinski definition) is 2. The molecule has 0 saturated carbocycles. The van der Waals surface area contributed by atoms with Gasteiger partial charge in [-0.15, -0.1) is 0 Å². The molecule has 3 N–H and O–H groups in total. The molecular formula is C20H28BrN7O. The molecule has 3 rings (SSSR count). The van der Waals surface area contributed by atoms with Crippen LogP contribution >= 0.6 is 15.9 Å².